The Labute approximate surface area is 133 Å². The van der Waals surface area contributed by atoms with E-state index in [1.807, 2.05) is 27.7 Å². The molecular formula is C15H17N7O. The van der Waals surface area contributed by atoms with Gasteiger partial charge in [0.05, 0.1) is 17.4 Å². The Bertz CT molecular complexity index is 887. The third-order valence-electron chi connectivity index (χ3n) is 3.29. The van der Waals surface area contributed by atoms with E-state index < -0.39 is 0 Å². The number of hydrogen-bond acceptors (Lipinski definition) is 6. The van der Waals surface area contributed by atoms with Crippen molar-refractivity contribution in [3.63, 3.8) is 0 Å². The van der Waals surface area contributed by atoms with Gasteiger partial charge in [-0.05, 0) is 33.8 Å². The summed E-state index contributed by atoms with van der Waals surface area (Å²) in [4.78, 5) is 16.9. The van der Waals surface area contributed by atoms with E-state index in [2.05, 4.69) is 15.5 Å². The third kappa shape index (κ3) is 2.92. The first-order chi connectivity index (χ1) is 10.9. The molecule has 0 amide bonds. The normalized spacial score (nSPS) is 10.6. The maximum absolute atomic E-state index is 12.6. The number of rotatable bonds is 4. The number of nitriles is 2. The van der Waals surface area contributed by atoms with E-state index >= 15 is 0 Å². The number of hydrogen-bond donors (Lipinski definition) is 1. The van der Waals surface area contributed by atoms with Gasteiger partial charge in [-0.3, -0.25) is 14.6 Å². The zero-order chi connectivity index (χ0) is 17.1. The Morgan fingerprint density at radius 3 is 2.35 bits per heavy atom. The van der Waals surface area contributed by atoms with Crippen LogP contribution in [0, 0.1) is 22.7 Å². The third-order valence-corrected chi connectivity index (χ3v) is 3.29. The van der Waals surface area contributed by atoms with Gasteiger partial charge in [-0.15, -0.1) is 0 Å². The van der Waals surface area contributed by atoms with Gasteiger partial charge in [0.1, 0.15) is 12.1 Å². The fourth-order valence-corrected chi connectivity index (χ4v) is 2.34. The highest BCUT2D eigenvalue weighted by Gasteiger charge is 2.18. The lowest BCUT2D eigenvalue weighted by molar-refractivity contribution is 0.532. The molecule has 8 nitrogen and oxygen atoms in total. The van der Waals surface area contributed by atoms with Gasteiger partial charge in [-0.25, -0.2) is 9.78 Å². The maximum Gasteiger partial charge on any atom is 0.330 e. The molecule has 0 aliphatic rings. The van der Waals surface area contributed by atoms with Gasteiger partial charge in [0.25, 0.3) is 0 Å². The van der Waals surface area contributed by atoms with Crippen molar-refractivity contribution < 1.29 is 0 Å². The molecule has 0 aliphatic carbocycles. The SMILES string of the molecule is CC(C)n1c(=O)n(C(C)C)c2ncc(NN=C(C#N)C#N)cc21. The molecular weight excluding hydrogens is 294 g/mol. The highest BCUT2D eigenvalue weighted by molar-refractivity contribution is 6.10. The molecule has 0 radical (unpaired) electrons. The average molecular weight is 311 g/mol. The number of pyridine rings is 1. The zero-order valence-corrected chi connectivity index (χ0v) is 13.4. The fourth-order valence-electron chi connectivity index (χ4n) is 2.34. The van der Waals surface area contributed by atoms with E-state index in [0.717, 1.165) is 0 Å². The molecule has 0 atom stereocenters. The van der Waals surface area contributed by atoms with Crippen molar-refractivity contribution in [2.24, 2.45) is 5.10 Å². The highest BCUT2D eigenvalue weighted by Crippen LogP contribution is 2.21. The molecule has 23 heavy (non-hydrogen) atoms. The van der Waals surface area contributed by atoms with Gasteiger partial charge in [0, 0.05) is 12.1 Å². The second kappa shape index (κ2) is 6.32. The quantitative estimate of drug-likeness (QED) is 0.687. The lowest BCUT2D eigenvalue weighted by atomic mass is 10.3. The standard InChI is InChI=1S/C15H17N7O/c1-9(2)21-13-5-11(19-20-12(6-16)7-17)8-18-14(13)22(10(3)4)15(21)23/h5,8-10,19H,1-4H3. The summed E-state index contributed by atoms with van der Waals surface area (Å²) in [6.45, 7) is 7.70. The molecule has 0 unspecified atom stereocenters. The summed E-state index contributed by atoms with van der Waals surface area (Å²) in [5.74, 6) is 0. The van der Waals surface area contributed by atoms with Crippen LogP contribution in [0.4, 0.5) is 5.69 Å². The van der Waals surface area contributed by atoms with Crippen molar-refractivity contribution in [1.82, 2.24) is 14.1 Å². The van der Waals surface area contributed by atoms with Gasteiger partial charge >= 0.3 is 5.69 Å². The first-order valence-electron chi connectivity index (χ1n) is 7.17. The number of nitrogens with zero attached hydrogens (tertiary/aromatic N) is 6. The van der Waals surface area contributed by atoms with Crippen LogP contribution in [0.5, 0.6) is 0 Å². The number of imidazole rings is 1. The average Bonchev–Trinajstić information content (AvgIpc) is 2.79. The zero-order valence-electron chi connectivity index (χ0n) is 13.4. The predicted molar refractivity (Wildman–Crippen MR) is 87.0 cm³/mol. The molecule has 0 fully saturated rings. The van der Waals surface area contributed by atoms with Crippen LogP contribution in [-0.2, 0) is 0 Å². The lowest BCUT2D eigenvalue weighted by Gasteiger charge is -2.07. The molecule has 1 N–H and O–H groups in total. The summed E-state index contributed by atoms with van der Waals surface area (Å²) in [5.41, 5.74) is 3.98. The largest absolute Gasteiger partial charge is 0.330 e. The van der Waals surface area contributed by atoms with Crippen molar-refractivity contribution in [2.45, 2.75) is 39.8 Å². The smallest absolute Gasteiger partial charge is 0.288 e. The predicted octanol–water partition coefficient (Wildman–Crippen LogP) is 2.17. The Kier molecular flexibility index (Phi) is 4.47. The maximum atomic E-state index is 12.6. The summed E-state index contributed by atoms with van der Waals surface area (Å²) in [5, 5.41) is 21.1. The minimum atomic E-state index is -0.286. The first kappa shape index (κ1) is 16.2. The lowest BCUT2D eigenvalue weighted by Crippen LogP contribution is -2.26. The summed E-state index contributed by atoms with van der Waals surface area (Å²) in [7, 11) is 0. The number of aromatic nitrogens is 3. The number of nitrogens with one attached hydrogen (secondary N) is 1. The van der Waals surface area contributed by atoms with Crippen molar-refractivity contribution in [1.29, 1.82) is 10.5 Å². The van der Waals surface area contributed by atoms with Gasteiger partial charge < -0.3 is 0 Å². The van der Waals surface area contributed by atoms with Crippen molar-refractivity contribution in [2.75, 3.05) is 5.43 Å². The molecule has 0 spiro atoms. The van der Waals surface area contributed by atoms with Crippen molar-refractivity contribution in [3.05, 3.63) is 22.7 Å². The Balaban J connectivity index is 2.62. The molecule has 0 aromatic carbocycles. The molecule has 2 rings (SSSR count). The van der Waals surface area contributed by atoms with E-state index in [4.69, 9.17) is 10.5 Å². The van der Waals surface area contributed by atoms with Crippen LogP contribution >= 0.6 is 0 Å². The van der Waals surface area contributed by atoms with E-state index in [9.17, 15) is 4.79 Å². The van der Waals surface area contributed by atoms with Gasteiger partial charge in [-0.1, -0.05) is 0 Å². The summed E-state index contributed by atoms with van der Waals surface area (Å²) in [6.07, 6.45) is 1.52. The minimum absolute atomic E-state index is 0.0156. The highest BCUT2D eigenvalue weighted by atomic mass is 16.2. The summed E-state index contributed by atoms with van der Waals surface area (Å²) in [6, 6.07) is 5.02. The number of anilines is 1. The van der Waals surface area contributed by atoms with E-state index in [0.29, 0.717) is 16.9 Å². The van der Waals surface area contributed by atoms with Crippen LogP contribution in [0.1, 0.15) is 39.8 Å². The van der Waals surface area contributed by atoms with Gasteiger partial charge in [0.15, 0.2) is 5.65 Å². The van der Waals surface area contributed by atoms with Gasteiger partial charge in [0.2, 0.25) is 5.71 Å². The van der Waals surface area contributed by atoms with Crippen LogP contribution in [-0.4, -0.2) is 19.8 Å². The fraction of sp³-hybridized carbons (Fsp3) is 0.400. The van der Waals surface area contributed by atoms with E-state index in [1.165, 1.54) is 6.20 Å². The molecule has 118 valence electrons. The molecule has 2 aromatic heterocycles. The second-order valence-corrected chi connectivity index (χ2v) is 5.57. The molecule has 0 bridgehead atoms. The second-order valence-electron chi connectivity index (χ2n) is 5.57. The first-order valence-corrected chi connectivity index (χ1v) is 7.17. The number of hydrazone groups is 1. The van der Waals surface area contributed by atoms with Crippen molar-refractivity contribution in [3.8, 4) is 12.1 Å². The summed E-state index contributed by atoms with van der Waals surface area (Å²) >= 11 is 0. The molecule has 0 aliphatic heterocycles. The van der Waals surface area contributed by atoms with Crippen molar-refractivity contribution >= 4 is 22.6 Å². The van der Waals surface area contributed by atoms with E-state index in [1.54, 1.807) is 27.3 Å². The van der Waals surface area contributed by atoms with Crippen LogP contribution in [0.2, 0.25) is 0 Å². The molecule has 2 heterocycles. The minimum Gasteiger partial charge on any atom is -0.288 e. The number of fused-ring (bicyclic) bond motifs is 1. The topological polar surface area (TPSA) is 112 Å². The van der Waals surface area contributed by atoms with Crippen LogP contribution < -0.4 is 11.1 Å². The molecule has 8 heteroatoms. The Morgan fingerprint density at radius 1 is 1.22 bits per heavy atom. The van der Waals surface area contributed by atoms with Crippen LogP contribution in [0.3, 0.4) is 0 Å². The Hall–Kier alpha value is -3.13. The molecule has 0 saturated carbocycles. The molecule has 0 saturated heterocycles. The van der Waals surface area contributed by atoms with Gasteiger partial charge in [-0.2, -0.15) is 15.6 Å². The van der Waals surface area contributed by atoms with Crippen LogP contribution in [0.25, 0.3) is 11.2 Å². The Morgan fingerprint density at radius 2 is 1.83 bits per heavy atom. The monoisotopic (exact) mass is 311 g/mol. The van der Waals surface area contributed by atoms with E-state index in [-0.39, 0.29) is 23.5 Å². The van der Waals surface area contributed by atoms with Crippen LogP contribution in [0.15, 0.2) is 22.2 Å². The summed E-state index contributed by atoms with van der Waals surface area (Å²) < 4.78 is 3.30. The molecule has 2 aromatic rings.